The maximum Gasteiger partial charge on any atom is 0.419 e. The Hall–Kier alpha value is -1.36. The van der Waals surface area contributed by atoms with Crippen LogP contribution < -0.4 is 0 Å². The molecule has 0 saturated carbocycles. The van der Waals surface area contributed by atoms with Crippen LogP contribution in [0.1, 0.15) is 20.8 Å². The van der Waals surface area contributed by atoms with E-state index in [-0.39, 0.29) is 0 Å². The fourth-order valence-corrected chi connectivity index (χ4v) is 1.97. The van der Waals surface area contributed by atoms with Gasteiger partial charge in [0.15, 0.2) is 0 Å². The zero-order valence-electron chi connectivity index (χ0n) is 10.3. The Morgan fingerprint density at radius 2 is 2.06 bits per heavy atom. The van der Waals surface area contributed by atoms with Crippen LogP contribution in [-0.2, 0) is 4.74 Å². The van der Waals surface area contributed by atoms with Crippen molar-refractivity contribution in [3.8, 4) is 0 Å². The van der Waals surface area contributed by atoms with Crippen LogP contribution in [0.3, 0.4) is 0 Å². The van der Waals surface area contributed by atoms with Crippen molar-refractivity contribution in [2.24, 2.45) is 0 Å². The van der Waals surface area contributed by atoms with E-state index in [1.165, 1.54) is 4.57 Å². The Morgan fingerprint density at radius 1 is 1.39 bits per heavy atom. The molecule has 5 heteroatoms. The summed E-state index contributed by atoms with van der Waals surface area (Å²) in [5, 5.41) is 0.393. The Balaban J connectivity index is 2.51. The molecule has 0 spiro atoms. The molecule has 0 fully saturated rings. The minimum atomic E-state index is -0.615. The molecule has 18 heavy (non-hydrogen) atoms. The molecule has 0 N–H and O–H groups in total. The van der Waals surface area contributed by atoms with Gasteiger partial charge in [0.25, 0.3) is 0 Å². The van der Waals surface area contributed by atoms with E-state index in [0.29, 0.717) is 10.9 Å². The highest BCUT2D eigenvalue weighted by atomic mass is 79.9. The molecule has 0 unspecified atom stereocenters. The molecule has 0 aliphatic carbocycles. The van der Waals surface area contributed by atoms with Gasteiger partial charge < -0.3 is 4.74 Å². The minimum Gasteiger partial charge on any atom is -0.443 e. The number of hydrogen-bond acceptors (Lipinski definition) is 2. The van der Waals surface area contributed by atoms with E-state index >= 15 is 0 Å². The maximum absolute atomic E-state index is 13.7. The Labute approximate surface area is 113 Å². The van der Waals surface area contributed by atoms with Gasteiger partial charge in [-0.3, -0.25) is 0 Å². The number of halogens is 2. The lowest BCUT2D eigenvalue weighted by molar-refractivity contribution is 0.0543. The fraction of sp³-hybridized carbons (Fsp3) is 0.308. The predicted octanol–water partition coefficient (Wildman–Crippen LogP) is 4.33. The summed E-state index contributed by atoms with van der Waals surface area (Å²) in [6.07, 6.45) is 0.556. The molecule has 0 atom stereocenters. The highest BCUT2D eigenvalue weighted by molar-refractivity contribution is 9.10. The van der Waals surface area contributed by atoms with Crippen LogP contribution in [0.15, 0.2) is 28.9 Å². The number of fused-ring (bicyclic) bond motifs is 1. The smallest absolute Gasteiger partial charge is 0.419 e. The molecular weight excluding hydrogens is 301 g/mol. The molecule has 0 saturated heterocycles. The second kappa shape index (κ2) is 4.39. The molecule has 0 aliphatic rings. The van der Waals surface area contributed by atoms with Gasteiger partial charge >= 0.3 is 6.09 Å². The lowest BCUT2D eigenvalue weighted by atomic mass is 10.2. The summed E-state index contributed by atoms with van der Waals surface area (Å²) in [5.74, 6) is -0.441. The van der Waals surface area contributed by atoms with E-state index in [4.69, 9.17) is 4.74 Å². The molecule has 3 nitrogen and oxygen atoms in total. The van der Waals surface area contributed by atoms with E-state index < -0.39 is 17.5 Å². The summed E-state index contributed by atoms with van der Waals surface area (Å²) in [7, 11) is 0. The highest BCUT2D eigenvalue weighted by Gasteiger charge is 2.20. The molecular formula is C13H13BrFNO2. The van der Waals surface area contributed by atoms with Crippen LogP contribution in [0.4, 0.5) is 9.18 Å². The summed E-state index contributed by atoms with van der Waals surface area (Å²) in [5.41, 5.74) is -0.132. The topological polar surface area (TPSA) is 31.2 Å². The van der Waals surface area contributed by atoms with E-state index in [9.17, 15) is 9.18 Å². The predicted molar refractivity (Wildman–Crippen MR) is 71.2 cm³/mol. The molecule has 0 aliphatic heterocycles. The van der Waals surface area contributed by atoms with E-state index in [0.717, 1.165) is 10.7 Å². The van der Waals surface area contributed by atoms with Crippen molar-refractivity contribution in [1.29, 1.82) is 0 Å². The van der Waals surface area contributed by atoms with Crippen LogP contribution in [0, 0.1) is 5.82 Å². The highest BCUT2D eigenvalue weighted by Crippen LogP contribution is 2.24. The average Bonchev–Trinajstić information content (AvgIpc) is 2.53. The number of ether oxygens (including phenoxy) is 1. The number of rotatable bonds is 0. The van der Waals surface area contributed by atoms with Gasteiger partial charge in [0, 0.05) is 9.86 Å². The lowest BCUT2D eigenvalue weighted by Crippen LogP contribution is -2.26. The van der Waals surface area contributed by atoms with E-state index in [2.05, 4.69) is 15.9 Å². The number of hydrogen-bond donors (Lipinski definition) is 0. The van der Waals surface area contributed by atoms with Crippen molar-refractivity contribution >= 4 is 32.9 Å². The minimum absolute atomic E-state index is 0.393. The summed E-state index contributed by atoms with van der Waals surface area (Å²) >= 11 is 3.30. The van der Waals surface area contributed by atoms with E-state index in [1.807, 2.05) is 0 Å². The molecule has 1 aromatic carbocycles. The van der Waals surface area contributed by atoms with Gasteiger partial charge in [0.1, 0.15) is 11.4 Å². The summed E-state index contributed by atoms with van der Waals surface area (Å²) in [4.78, 5) is 12.0. The zero-order chi connectivity index (χ0) is 13.5. The van der Waals surface area contributed by atoms with Gasteiger partial charge in [-0.2, -0.15) is 0 Å². The SMILES string of the molecule is CC(C)(C)OC(=O)n1cc(F)c2ccc(Br)cc21. The first-order chi connectivity index (χ1) is 8.28. The van der Waals surface area contributed by atoms with Gasteiger partial charge in [-0.15, -0.1) is 0 Å². The maximum atomic E-state index is 13.7. The largest absolute Gasteiger partial charge is 0.443 e. The quantitative estimate of drug-likeness (QED) is 0.725. The first-order valence-corrected chi connectivity index (χ1v) is 6.27. The Kier molecular flexibility index (Phi) is 3.19. The van der Waals surface area contributed by atoms with Crippen molar-refractivity contribution < 1.29 is 13.9 Å². The second-order valence-corrected chi connectivity index (χ2v) is 5.90. The van der Waals surface area contributed by atoms with Crippen LogP contribution in [0.2, 0.25) is 0 Å². The number of aromatic nitrogens is 1. The van der Waals surface area contributed by atoms with Crippen molar-refractivity contribution in [2.45, 2.75) is 26.4 Å². The first kappa shape index (κ1) is 13.1. The number of carbonyl (C=O) groups excluding carboxylic acids is 1. The molecule has 96 valence electrons. The van der Waals surface area contributed by atoms with Gasteiger partial charge in [0.2, 0.25) is 0 Å². The van der Waals surface area contributed by atoms with Gasteiger partial charge in [-0.05, 0) is 39.0 Å². The zero-order valence-corrected chi connectivity index (χ0v) is 11.9. The molecule has 0 amide bonds. The standard InChI is InChI=1S/C13H13BrFNO2/c1-13(2,3)18-12(17)16-7-10(15)9-5-4-8(14)6-11(9)16/h4-7H,1-3H3. The van der Waals surface area contributed by atoms with Crippen molar-refractivity contribution in [3.63, 3.8) is 0 Å². The van der Waals surface area contributed by atoms with Crippen molar-refractivity contribution in [2.75, 3.05) is 0 Å². The van der Waals surface area contributed by atoms with Gasteiger partial charge in [-0.25, -0.2) is 13.8 Å². The number of benzene rings is 1. The lowest BCUT2D eigenvalue weighted by Gasteiger charge is -2.19. The van der Waals surface area contributed by atoms with Crippen LogP contribution in [0.25, 0.3) is 10.9 Å². The molecule has 0 radical (unpaired) electrons. The number of carbonyl (C=O) groups is 1. The fourth-order valence-electron chi connectivity index (χ4n) is 1.62. The molecule has 2 aromatic rings. The summed E-state index contributed by atoms with van der Waals surface area (Å²) in [6.45, 7) is 5.30. The van der Waals surface area contributed by atoms with Gasteiger partial charge in [-0.1, -0.05) is 15.9 Å². The van der Waals surface area contributed by atoms with Crippen LogP contribution >= 0.6 is 15.9 Å². The molecule has 2 rings (SSSR count). The van der Waals surface area contributed by atoms with Gasteiger partial charge in [0.05, 0.1) is 11.7 Å². The Bertz CT molecular complexity index is 613. The van der Waals surface area contributed by atoms with Crippen LogP contribution in [0.5, 0.6) is 0 Å². The van der Waals surface area contributed by atoms with Crippen LogP contribution in [-0.4, -0.2) is 16.3 Å². The monoisotopic (exact) mass is 313 g/mol. The molecule has 0 bridgehead atoms. The third-order valence-corrected chi connectivity index (χ3v) is 2.80. The average molecular weight is 314 g/mol. The third kappa shape index (κ3) is 2.56. The summed E-state index contributed by atoms with van der Waals surface area (Å²) < 4.78 is 20.9. The molecule has 1 heterocycles. The third-order valence-electron chi connectivity index (χ3n) is 2.31. The normalized spacial score (nSPS) is 11.8. The van der Waals surface area contributed by atoms with Crippen molar-refractivity contribution in [3.05, 3.63) is 34.7 Å². The number of nitrogens with zero attached hydrogens (tertiary/aromatic N) is 1. The Morgan fingerprint density at radius 3 is 2.67 bits per heavy atom. The first-order valence-electron chi connectivity index (χ1n) is 5.47. The van der Waals surface area contributed by atoms with E-state index in [1.54, 1.807) is 39.0 Å². The second-order valence-electron chi connectivity index (χ2n) is 4.99. The summed E-state index contributed by atoms with van der Waals surface area (Å²) in [6, 6.07) is 5.03. The van der Waals surface area contributed by atoms with Crippen molar-refractivity contribution in [1.82, 2.24) is 4.57 Å². The molecule has 1 aromatic heterocycles.